The normalized spacial score (nSPS) is 16.4. The first-order valence-corrected chi connectivity index (χ1v) is 9.71. The topological polar surface area (TPSA) is 41.6 Å². The maximum atomic E-state index is 12.4. The fraction of sp³-hybridized carbons (Fsp3) is 0.450. The van der Waals surface area contributed by atoms with E-state index in [-0.39, 0.29) is 11.9 Å². The predicted octanol–water partition coefficient (Wildman–Crippen LogP) is 4.02. The van der Waals surface area contributed by atoms with Gasteiger partial charge in [0.1, 0.15) is 5.75 Å². The van der Waals surface area contributed by atoms with Crippen LogP contribution in [0.1, 0.15) is 45.4 Å². The lowest BCUT2D eigenvalue weighted by Gasteiger charge is -2.35. The van der Waals surface area contributed by atoms with Gasteiger partial charge in [-0.25, -0.2) is 0 Å². The summed E-state index contributed by atoms with van der Waals surface area (Å²) in [6, 6.07) is 12.3. The van der Waals surface area contributed by atoms with Crippen LogP contribution < -0.4 is 10.1 Å². The van der Waals surface area contributed by atoms with E-state index in [9.17, 15) is 4.79 Å². The van der Waals surface area contributed by atoms with Crippen molar-refractivity contribution in [3.8, 4) is 5.75 Å². The molecule has 1 N–H and O–H groups in total. The molecule has 1 saturated heterocycles. The van der Waals surface area contributed by atoms with Gasteiger partial charge in [-0.15, -0.1) is 11.3 Å². The zero-order valence-electron chi connectivity index (χ0n) is 15.0. The number of hydrogen-bond acceptors (Lipinski definition) is 4. The third-order valence-electron chi connectivity index (χ3n) is 4.75. The first-order chi connectivity index (χ1) is 12.2. The van der Waals surface area contributed by atoms with E-state index in [0.717, 1.165) is 28.6 Å². The average Bonchev–Trinajstić information content (AvgIpc) is 3.10. The van der Waals surface area contributed by atoms with E-state index in [4.69, 9.17) is 4.74 Å². The number of nitrogens with zero attached hydrogens (tertiary/aromatic N) is 1. The average molecular weight is 359 g/mol. The van der Waals surface area contributed by atoms with E-state index in [1.165, 1.54) is 24.8 Å². The highest BCUT2D eigenvalue weighted by molar-refractivity contribution is 7.13. The molecule has 2 aromatic rings. The number of amides is 1. The lowest BCUT2D eigenvalue weighted by molar-refractivity contribution is 0.0928. The summed E-state index contributed by atoms with van der Waals surface area (Å²) in [6.45, 7) is 4.83. The van der Waals surface area contributed by atoms with Gasteiger partial charge < -0.3 is 10.1 Å². The van der Waals surface area contributed by atoms with Crippen LogP contribution in [0.3, 0.4) is 0 Å². The highest BCUT2D eigenvalue weighted by Gasteiger charge is 2.23. The summed E-state index contributed by atoms with van der Waals surface area (Å²) >= 11 is 1.54. The van der Waals surface area contributed by atoms with Gasteiger partial charge >= 0.3 is 0 Å². The number of likely N-dealkylation sites (tertiary alicyclic amines) is 1. The lowest BCUT2D eigenvalue weighted by Crippen LogP contribution is -2.40. The third kappa shape index (κ3) is 4.61. The molecule has 3 rings (SSSR count). The summed E-state index contributed by atoms with van der Waals surface area (Å²) in [6.07, 6.45) is 3.75. The van der Waals surface area contributed by atoms with Gasteiger partial charge in [-0.05, 0) is 62.7 Å². The quantitative estimate of drug-likeness (QED) is 0.848. The van der Waals surface area contributed by atoms with E-state index in [1.54, 1.807) is 18.4 Å². The molecule has 0 saturated carbocycles. The number of rotatable bonds is 6. The second kappa shape index (κ2) is 8.50. The number of methoxy groups -OCH3 is 1. The molecule has 4 nitrogen and oxygen atoms in total. The van der Waals surface area contributed by atoms with Crippen molar-refractivity contribution in [2.75, 3.05) is 26.7 Å². The number of carbonyl (C=O) groups excluding carboxylic acids is 1. The summed E-state index contributed by atoms with van der Waals surface area (Å²) in [7, 11) is 1.68. The van der Waals surface area contributed by atoms with Gasteiger partial charge in [-0.3, -0.25) is 9.69 Å². The van der Waals surface area contributed by atoms with Gasteiger partial charge in [0.25, 0.3) is 5.91 Å². The zero-order chi connectivity index (χ0) is 17.6. The smallest absolute Gasteiger partial charge is 0.261 e. The van der Waals surface area contributed by atoms with Gasteiger partial charge in [0.15, 0.2) is 0 Å². The predicted molar refractivity (Wildman–Crippen MR) is 103 cm³/mol. The molecular weight excluding hydrogens is 332 g/mol. The lowest BCUT2D eigenvalue weighted by atomic mass is 10.0. The Kier molecular flexibility index (Phi) is 6.10. The number of carbonyl (C=O) groups is 1. The summed E-state index contributed by atoms with van der Waals surface area (Å²) in [5.74, 6) is 0.882. The van der Waals surface area contributed by atoms with Gasteiger partial charge in [0.05, 0.1) is 18.0 Å². The summed E-state index contributed by atoms with van der Waals surface area (Å²) < 4.78 is 5.27. The second-order valence-electron chi connectivity index (χ2n) is 6.51. The van der Waals surface area contributed by atoms with Crippen LogP contribution in [0.5, 0.6) is 5.75 Å². The molecule has 1 aliphatic rings. The number of hydrogen-bond donors (Lipinski definition) is 1. The molecule has 0 radical (unpaired) electrons. The molecule has 1 atom stereocenters. The van der Waals surface area contributed by atoms with E-state index < -0.39 is 0 Å². The Morgan fingerprint density at radius 3 is 2.48 bits per heavy atom. The molecule has 1 amide bonds. The van der Waals surface area contributed by atoms with E-state index in [1.807, 2.05) is 31.2 Å². The number of ether oxygens (including phenoxy) is 1. The minimum absolute atomic E-state index is 0.0219. The number of nitrogens with one attached hydrogen (secondary N) is 1. The largest absolute Gasteiger partial charge is 0.497 e. The van der Waals surface area contributed by atoms with E-state index in [0.29, 0.717) is 6.54 Å². The van der Waals surface area contributed by atoms with E-state index >= 15 is 0 Å². The Morgan fingerprint density at radius 2 is 1.88 bits per heavy atom. The first-order valence-electron chi connectivity index (χ1n) is 8.90. The summed E-state index contributed by atoms with van der Waals surface area (Å²) in [4.78, 5) is 16.9. The Bertz CT molecular complexity index is 690. The molecule has 5 heteroatoms. The van der Waals surface area contributed by atoms with Crippen molar-refractivity contribution in [1.29, 1.82) is 0 Å². The molecular formula is C20H26N2O2S. The molecule has 134 valence electrons. The zero-order valence-corrected chi connectivity index (χ0v) is 15.8. The first kappa shape index (κ1) is 18.0. The minimum Gasteiger partial charge on any atom is -0.497 e. The maximum absolute atomic E-state index is 12.4. The Morgan fingerprint density at radius 1 is 1.16 bits per heavy atom. The Labute approximate surface area is 153 Å². The van der Waals surface area contributed by atoms with Gasteiger partial charge in [-0.1, -0.05) is 18.6 Å². The molecule has 2 heterocycles. The van der Waals surface area contributed by atoms with Crippen LogP contribution in [0.25, 0.3) is 0 Å². The van der Waals surface area contributed by atoms with Crippen LogP contribution in [0, 0.1) is 6.92 Å². The third-order valence-corrected chi connectivity index (χ3v) is 5.75. The molecule has 0 aliphatic carbocycles. The summed E-state index contributed by atoms with van der Waals surface area (Å²) in [5, 5.41) is 3.14. The van der Waals surface area contributed by atoms with Gasteiger partial charge in [0, 0.05) is 11.4 Å². The van der Waals surface area contributed by atoms with Crippen LogP contribution in [-0.2, 0) is 0 Å². The van der Waals surface area contributed by atoms with Crippen molar-refractivity contribution >= 4 is 17.2 Å². The highest BCUT2D eigenvalue weighted by atomic mass is 32.1. The molecule has 1 aromatic carbocycles. The van der Waals surface area contributed by atoms with Gasteiger partial charge in [-0.2, -0.15) is 0 Å². The number of thiophene rings is 1. The van der Waals surface area contributed by atoms with Crippen molar-refractivity contribution < 1.29 is 9.53 Å². The fourth-order valence-electron chi connectivity index (χ4n) is 3.35. The van der Waals surface area contributed by atoms with Crippen molar-refractivity contribution in [1.82, 2.24) is 10.2 Å². The molecule has 1 unspecified atom stereocenters. The van der Waals surface area contributed by atoms with Crippen LogP contribution in [-0.4, -0.2) is 37.6 Å². The van der Waals surface area contributed by atoms with Crippen LogP contribution in [0.4, 0.5) is 0 Å². The molecule has 25 heavy (non-hydrogen) atoms. The summed E-state index contributed by atoms with van der Waals surface area (Å²) in [5.41, 5.74) is 1.23. The minimum atomic E-state index is 0.0219. The monoisotopic (exact) mass is 358 g/mol. The number of benzene rings is 1. The number of piperidine rings is 1. The van der Waals surface area contributed by atoms with Crippen molar-refractivity contribution in [2.45, 2.75) is 32.2 Å². The number of aryl methyl sites for hydroxylation is 1. The molecule has 1 aromatic heterocycles. The maximum Gasteiger partial charge on any atom is 0.261 e. The Balaban J connectivity index is 1.72. The van der Waals surface area contributed by atoms with Gasteiger partial charge in [0.2, 0.25) is 0 Å². The molecule has 0 bridgehead atoms. The van der Waals surface area contributed by atoms with Crippen LogP contribution >= 0.6 is 11.3 Å². The molecule has 1 aliphatic heterocycles. The van der Waals surface area contributed by atoms with Crippen molar-refractivity contribution in [2.24, 2.45) is 0 Å². The van der Waals surface area contributed by atoms with Crippen molar-refractivity contribution in [3.05, 3.63) is 51.7 Å². The van der Waals surface area contributed by atoms with Crippen LogP contribution in [0.2, 0.25) is 0 Å². The van der Waals surface area contributed by atoms with E-state index in [2.05, 4.69) is 22.3 Å². The SMILES string of the molecule is COc1ccc(C(CNC(=O)c2ccc(C)s2)N2CCCCC2)cc1. The van der Waals surface area contributed by atoms with Crippen LogP contribution in [0.15, 0.2) is 36.4 Å². The van der Waals surface area contributed by atoms with Crippen molar-refractivity contribution in [3.63, 3.8) is 0 Å². The fourth-order valence-corrected chi connectivity index (χ4v) is 4.13. The molecule has 0 spiro atoms. The standard InChI is InChI=1S/C20H26N2O2S/c1-15-6-11-19(25-15)20(23)21-14-18(22-12-4-3-5-13-22)16-7-9-17(24-2)10-8-16/h6-11,18H,3-5,12-14H2,1-2H3,(H,21,23). The molecule has 1 fully saturated rings. The highest BCUT2D eigenvalue weighted by Crippen LogP contribution is 2.26. The second-order valence-corrected chi connectivity index (χ2v) is 7.79. The Hall–Kier alpha value is -1.85.